The summed E-state index contributed by atoms with van der Waals surface area (Å²) in [7, 11) is 1.84. The Hall–Kier alpha value is -1.97. The Morgan fingerprint density at radius 3 is 2.73 bits per heavy atom. The second-order valence-corrected chi connectivity index (χ2v) is 7.18. The Balaban J connectivity index is 1.90. The molecule has 0 aliphatic carbocycles. The van der Waals surface area contributed by atoms with Gasteiger partial charge in [-0.15, -0.1) is 0 Å². The minimum absolute atomic E-state index is 0.0975. The molecular formula is C18H24N2O2. The summed E-state index contributed by atoms with van der Waals surface area (Å²) in [5.74, 6) is 0. The first-order valence-electron chi connectivity index (χ1n) is 7.82. The molecule has 1 amide bonds. The fraction of sp³-hybridized carbons (Fsp3) is 0.500. The van der Waals surface area contributed by atoms with Crippen molar-refractivity contribution in [1.82, 2.24) is 9.47 Å². The van der Waals surface area contributed by atoms with Crippen molar-refractivity contribution in [3.8, 4) is 0 Å². The lowest BCUT2D eigenvalue weighted by molar-refractivity contribution is 0.0174. The zero-order chi connectivity index (χ0) is 16.1. The highest BCUT2D eigenvalue weighted by Gasteiger charge is 2.33. The van der Waals surface area contributed by atoms with E-state index in [0.717, 1.165) is 6.42 Å². The van der Waals surface area contributed by atoms with E-state index in [2.05, 4.69) is 42.0 Å². The van der Waals surface area contributed by atoms with Gasteiger partial charge in [0.15, 0.2) is 0 Å². The highest BCUT2D eigenvalue weighted by molar-refractivity contribution is 5.84. The Morgan fingerprint density at radius 1 is 1.32 bits per heavy atom. The molecule has 0 spiro atoms. The van der Waals surface area contributed by atoms with E-state index in [1.54, 1.807) is 4.90 Å². The summed E-state index contributed by atoms with van der Waals surface area (Å²) in [6, 6.07) is 8.85. The number of para-hydroxylation sites is 1. The van der Waals surface area contributed by atoms with Gasteiger partial charge in [-0.25, -0.2) is 4.79 Å². The third-order valence-electron chi connectivity index (χ3n) is 4.43. The van der Waals surface area contributed by atoms with Crippen molar-refractivity contribution in [3.63, 3.8) is 0 Å². The van der Waals surface area contributed by atoms with E-state index in [1.165, 1.54) is 16.5 Å². The quantitative estimate of drug-likeness (QED) is 0.798. The molecule has 0 radical (unpaired) electrons. The smallest absolute Gasteiger partial charge is 0.410 e. The van der Waals surface area contributed by atoms with Gasteiger partial charge in [-0.2, -0.15) is 0 Å². The van der Waals surface area contributed by atoms with Crippen molar-refractivity contribution < 1.29 is 9.53 Å². The Bertz CT molecular complexity index is 711. The SMILES string of the molecule is C[C@@H]1[C@H](N(C)C(=O)OC(C)(C)C)Cc2cccc3ccn1c23. The molecule has 4 nitrogen and oxygen atoms in total. The van der Waals surface area contributed by atoms with Gasteiger partial charge in [0, 0.05) is 13.2 Å². The van der Waals surface area contributed by atoms with Crippen molar-refractivity contribution in [2.24, 2.45) is 0 Å². The topological polar surface area (TPSA) is 34.5 Å². The Labute approximate surface area is 131 Å². The highest BCUT2D eigenvalue weighted by Crippen LogP contribution is 2.34. The van der Waals surface area contributed by atoms with Crippen molar-refractivity contribution in [1.29, 1.82) is 0 Å². The van der Waals surface area contributed by atoms with Crippen LogP contribution in [0.1, 0.15) is 39.3 Å². The van der Waals surface area contributed by atoms with Gasteiger partial charge in [0.2, 0.25) is 0 Å². The number of carbonyl (C=O) groups excluding carboxylic acids is 1. The lowest BCUT2D eigenvalue weighted by atomic mass is 9.94. The van der Waals surface area contributed by atoms with E-state index in [1.807, 2.05) is 27.8 Å². The Kier molecular flexibility index (Phi) is 3.42. The summed E-state index contributed by atoms with van der Waals surface area (Å²) < 4.78 is 7.80. The van der Waals surface area contributed by atoms with Crippen LogP contribution in [0.3, 0.4) is 0 Å². The molecule has 2 aromatic rings. The minimum Gasteiger partial charge on any atom is -0.444 e. The summed E-state index contributed by atoms with van der Waals surface area (Å²) >= 11 is 0. The molecule has 0 unspecified atom stereocenters. The van der Waals surface area contributed by atoms with E-state index < -0.39 is 5.60 Å². The van der Waals surface area contributed by atoms with Crippen LogP contribution in [0.15, 0.2) is 30.5 Å². The molecule has 22 heavy (non-hydrogen) atoms. The van der Waals surface area contributed by atoms with Crippen molar-refractivity contribution in [2.45, 2.75) is 51.8 Å². The largest absolute Gasteiger partial charge is 0.444 e. The van der Waals surface area contributed by atoms with Gasteiger partial charge in [-0.05, 0) is 51.1 Å². The first-order valence-corrected chi connectivity index (χ1v) is 7.82. The predicted molar refractivity (Wildman–Crippen MR) is 88.1 cm³/mol. The third-order valence-corrected chi connectivity index (χ3v) is 4.43. The molecule has 4 heteroatoms. The third kappa shape index (κ3) is 2.47. The van der Waals surface area contributed by atoms with Crippen LogP contribution in [0.5, 0.6) is 0 Å². The van der Waals surface area contributed by atoms with Crippen molar-refractivity contribution in [3.05, 3.63) is 36.0 Å². The van der Waals surface area contributed by atoms with Gasteiger partial charge in [0.05, 0.1) is 17.6 Å². The number of nitrogens with zero attached hydrogens (tertiary/aromatic N) is 2. The van der Waals surface area contributed by atoms with Gasteiger partial charge < -0.3 is 14.2 Å². The number of hydrogen-bond acceptors (Lipinski definition) is 2. The molecule has 1 aromatic heterocycles. The van der Waals surface area contributed by atoms with Crippen LogP contribution in [0.25, 0.3) is 10.9 Å². The average Bonchev–Trinajstić information content (AvgIpc) is 2.86. The summed E-state index contributed by atoms with van der Waals surface area (Å²) in [6.45, 7) is 7.86. The first-order chi connectivity index (χ1) is 10.3. The van der Waals surface area contributed by atoms with Gasteiger partial charge >= 0.3 is 6.09 Å². The van der Waals surface area contributed by atoms with Gasteiger partial charge in [-0.3, -0.25) is 0 Å². The maximum absolute atomic E-state index is 12.4. The zero-order valence-corrected chi connectivity index (χ0v) is 14.0. The highest BCUT2D eigenvalue weighted by atomic mass is 16.6. The number of likely N-dealkylation sites (N-methyl/N-ethyl adjacent to an activating group) is 1. The lowest BCUT2D eigenvalue weighted by Crippen LogP contribution is -2.46. The lowest BCUT2D eigenvalue weighted by Gasteiger charge is -2.38. The van der Waals surface area contributed by atoms with E-state index in [0.29, 0.717) is 0 Å². The summed E-state index contributed by atoms with van der Waals surface area (Å²) in [5.41, 5.74) is 2.12. The number of amides is 1. The van der Waals surface area contributed by atoms with Gasteiger partial charge in [0.25, 0.3) is 0 Å². The molecule has 0 saturated heterocycles. The fourth-order valence-electron chi connectivity index (χ4n) is 3.31. The summed E-state index contributed by atoms with van der Waals surface area (Å²) in [4.78, 5) is 14.1. The molecular weight excluding hydrogens is 276 g/mol. The molecule has 2 heterocycles. The standard InChI is InChI=1S/C18H24N2O2/c1-12-15(19(5)17(21)22-18(2,3)4)11-14-8-6-7-13-9-10-20(12)16(13)14/h6-10,12,15H,11H2,1-5H3/t12-,15-/m1/s1. The minimum atomic E-state index is -0.470. The monoisotopic (exact) mass is 300 g/mol. The number of rotatable bonds is 1. The maximum atomic E-state index is 12.4. The van der Waals surface area contributed by atoms with E-state index in [4.69, 9.17) is 4.74 Å². The van der Waals surface area contributed by atoms with Crippen LogP contribution >= 0.6 is 0 Å². The second-order valence-electron chi connectivity index (χ2n) is 7.18. The number of carbonyl (C=O) groups is 1. The normalized spacial score (nSPS) is 21.0. The maximum Gasteiger partial charge on any atom is 0.410 e. The van der Waals surface area contributed by atoms with Crippen LogP contribution in [0, 0.1) is 0 Å². The first kappa shape index (κ1) is 14.9. The van der Waals surface area contributed by atoms with Crippen molar-refractivity contribution >= 4 is 17.0 Å². The van der Waals surface area contributed by atoms with Crippen LogP contribution in [-0.4, -0.2) is 34.3 Å². The van der Waals surface area contributed by atoms with Crippen molar-refractivity contribution in [2.75, 3.05) is 7.05 Å². The van der Waals surface area contributed by atoms with Crippen LogP contribution in [0.2, 0.25) is 0 Å². The molecule has 118 valence electrons. The van der Waals surface area contributed by atoms with Gasteiger partial charge in [0.1, 0.15) is 5.60 Å². The van der Waals surface area contributed by atoms with Crippen LogP contribution < -0.4 is 0 Å². The molecule has 0 N–H and O–H groups in total. The van der Waals surface area contributed by atoms with E-state index >= 15 is 0 Å². The molecule has 3 rings (SSSR count). The molecule has 0 saturated carbocycles. The molecule has 0 fully saturated rings. The molecule has 1 aliphatic heterocycles. The summed E-state index contributed by atoms with van der Waals surface area (Å²) in [5, 5.41) is 1.27. The number of ether oxygens (including phenoxy) is 1. The van der Waals surface area contributed by atoms with E-state index in [-0.39, 0.29) is 18.2 Å². The molecule has 1 aliphatic rings. The molecule has 1 aromatic carbocycles. The van der Waals surface area contributed by atoms with Crippen LogP contribution in [-0.2, 0) is 11.2 Å². The molecule has 2 atom stereocenters. The molecule has 0 bridgehead atoms. The van der Waals surface area contributed by atoms with Gasteiger partial charge in [-0.1, -0.05) is 18.2 Å². The Morgan fingerprint density at radius 2 is 2.05 bits per heavy atom. The van der Waals surface area contributed by atoms with E-state index in [9.17, 15) is 4.79 Å². The predicted octanol–water partition coefficient (Wildman–Crippen LogP) is 3.99. The number of hydrogen-bond donors (Lipinski definition) is 0. The second kappa shape index (κ2) is 5.04. The number of aromatic nitrogens is 1. The number of benzene rings is 1. The fourth-order valence-corrected chi connectivity index (χ4v) is 3.31. The zero-order valence-electron chi connectivity index (χ0n) is 14.0. The average molecular weight is 300 g/mol. The summed E-state index contributed by atoms with van der Waals surface area (Å²) in [6.07, 6.45) is 2.72. The van der Waals surface area contributed by atoms with Crippen LogP contribution in [0.4, 0.5) is 4.79 Å².